The summed E-state index contributed by atoms with van der Waals surface area (Å²) in [6.45, 7) is 0. The molecule has 2 aliphatic carbocycles. The molecule has 0 unspecified atom stereocenters. The predicted octanol–water partition coefficient (Wildman–Crippen LogP) is 2.87. The third-order valence-corrected chi connectivity index (χ3v) is 5.27. The monoisotopic (exact) mass is 221 g/mol. The molecule has 0 saturated carbocycles. The summed E-state index contributed by atoms with van der Waals surface area (Å²) < 4.78 is 3.45. The van der Waals surface area contributed by atoms with E-state index in [0.717, 1.165) is 0 Å². The summed E-state index contributed by atoms with van der Waals surface area (Å²) in [4.78, 5) is 0. The summed E-state index contributed by atoms with van der Waals surface area (Å²) in [6.07, 6.45) is 16.0. The van der Waals surface area contributed by atoms with Crippen molar-refractivity contribution in [1.29, 1.82) is 0 Å². The molecule has 0 radical (unpaired) electrons. The van der Waals surface area contributed by atoms with Crippen LogP contribution in [0.4, 0.5) is 0 Å². The molecule has 0 nitrogen and oxygen atoms in total. The second kappa shape index (κ2) is 3.49. The van der Waals surface area contributed by atoms with Crippen molar-refractivity contribution in [2.75, 3.05) is 0 Å². The average Bonchev–Trinajstić information content (AvgIpc) is 2.60. The number of allylic oxidation sites excluding steroid dienone is 8. The van der Waals surface area contributed by atoms with Gasteiger partial charge < -0.3 is 1.43 Å². The SMILES string of the molecule is C1=CC[C]([Zr][C]2=CC=CC2)=C1.[H-]. The van der Waals surface area contributed by atoms with Gasteiger partial charge in [0.25, 0.3) is 0 Å². The zero-order chi connectivity index (χ0) is 7.52. The Morgan fingerprint density at radius 2 is 1.55 bits per heavy atom. The minimum atomic E-state index is -0.312. The van der Waals surface area contributed by atoms with Crippen LogP contribution in [0.3, 0.4) is 0 Å². The fraction of sp³-hybridized carbons (Fsp3) is 0.200. The smallest absolute Gasteiger partial charge is 1.00 e. The fourth-order valence-corrected chi connectivity index (χ4v) is 4.26. The number of rotatable bonds is 2. The molecular weight excluding hydrogens is 211 g/mol. The normalized spacial score (nSPS) is 20.4. The van der Waals surface area contributed by atoms with Crippen LogP contribution in [0.1, 0.15) is 14.3 Å². The molecule has 0 aromatic carbocycles. The summed E-state index contributed by atoms with van der Waals surface area (Å²) in [6, 6.07) is 0. The van der Waals surface area contributed by atoms with Gasteiger partial charge in [-0.2, -0.15) is 0 Å². The molecule has 0 aromatic rings. The molecule has 0 saturated heterocycles. The van der Waals surface area contributed by atoms with Crippen molar-refractivity contribution in [3.05, 3.63) is 43.0 Å². The topological polar surface area (TPSA) is 0 Å². The van der Waals surface area contributed by atoms with E-state index in [0.29, 0.717) is 0 Å². The minimum absolute atomic E-state index is 0. The maximum Gasteiger partial charge on any atom is -1.00 e. The Kier molecular flexibility index (Phi) is 2.38. The van der Waals surface area contributed by atoms with Gasteiger partial charge in [0.05, 0.1) is 0 Å². The van der Waals surface area contributed by atoms with Crippen LogP contribution >= 0.6 is 0 Å². The van der Waals surface area contributed by atoms with Gasteiger partial charge in [0.2, 0.25) is 0 Å². The second-order valence-electron chi connectivity index (χ2n) is 2.77. The summed E-state index contributed by atoms with van der Waals surface area (Å²) in [5.41, 5.74) is 0. The first-order valence-corrected chi connectivity index (χ1v) is 6.39. The van der Waals surface area contributed by atoms with Gasteiger partial charge in [0, 0.05) is 0 Å². The summed E-state index contributed by atoms with van der Waals surface area (Å²) >= 11 is -0.312. The van der Waals surface area contributed by atoms with Gasteiger partial charge in [0.15, 0.2) is 0 Å². The van der Waals surface area contributed by atoms with Crippen LogP contribution in [0, 0.1) is 0 Å². The zero-order valence-corrected chi connectivity index (χ0v) is 8.84. The number of hydrogen-bond acceptors (Lipinski definition) is 0. The molecule has 11 heavy (non-hydrogen) atoms. The van der Waals surface area contributed by atoms with Crippen LogP contribution in [-0.2, 0) is 23.2 Å². The first kappa shape index (κ1) is 7.49. The zero-order valence-electron chi connectivity index (χ0n) is 7.38. The first-order chi connectivity index (χ1) is 5.45. The molecule has 0 spiro atoms. The molecule has 0 fully saturated rings. The summed E-state index contributed by atoms with van der Waals surface area (Å²) in [5, 5.41) is 0. The molecule has 2 rings (SSSR count). The van der Waals surface area contributed by atoms with E-state index < -0.39 is 0 Å². The van der Waals surface area contributed by atoms with Gasteiger partial charge >= 0.3 is 79.1 Å². The number of hydrogen-bond donors (Lipinski definition) is 0. The van der Waals surface area contributed by atoms with Crippen LogP contribution < -0.4 is 0 Å². The molecule has 56 valence electrons. The maximum atomic E-state index is 2.31. The van der Waals surface area contributed by atoms with Gasteiger partial charge in [-0.1, -0.05) is 0 Å². The Morgan fingerprint density at radius 1 is 1.00 bits per heavy atom. The molecule has 0 amide bonds. The van der Waals surface area contributed by atoms with Crippen LogP contribution in [0.5, 0.6) is 0 Å². The van der Waals surface area contributed by atoms with E-state index in [1.54, 1.807) is 6.56 Å². The fourth-order valence-electron chi connectivity index (χ4n) is 1.29. The van der Waals surface area contributed by atoms with E-state index in [9.17, 15) is 0 Å². The molecule has 0 aliphatic heterocycles. The molecule has 0 heterocycles. The van der Waals surface area contributed by atoms with Gasteiger partial charge in [-0.3, -0.25) is 0 Å². The van der Waals surface area contributed by atoms with Crippen molar-refractivity contribution in [1.82, 2.24) is 0 Å². The standard InChI is InChI=1S/2C5H5.Zr.H/c2*1-2-4-5-3-1;;/h2*1-3H,4H2;;/q;;;-1. The molecular formula is C10H11Zr-. The quantitative estimate of drug-likeness (QED) is 0.674. The Labute approximate surface area is 80.4 Å². The van der Waals surface area contributed by atoms with Crippen LogP contribution in [0.25, 0.3) is 0 Å². The molecule has 2 aliphatic rings. The van der Waals surface area contributed by atoms with Crippen molar-refractivity contribution >= 4 is 0 Å². The first-order valence-electron chi connectivity index (χ1n) is 3.93. The van der Waals surface area contributed by atoms with Crippen LogP contribution in [0.2, 0.25) is 0 Å². The Balaban J connectivity index is 0.000000720. The predicted molar refractivity (Wildman–Crippen MR) is 44.8 cm³/mol. The minimum Gasteiger partial charge on any atom is -1.00 e. The third kappa shape index (κ3) is 1.90. The van der Waals surface area contributed by atoms with Crippen LogP contribution in [0.15, 0.2) is 43.0 Å². The average molecular weight is 222 g/mol. The maximum absolute atomic E-state index is 2.31. The Bertz CT molecular complexity index is 244. The van der Waals surface area contributed by atoms with E-state index >= 15 is 0 Å². The van der Waals surface area contributed by atoms with Crippen molar-refractivity contribution in [2.45, 2.75) is 12.8 Å². The van der Waals surface area contributed by atoms with Crippen molar-refractivity contribution in [3.63, 3.8) is 0 Å². The van der Waals surface area contributed by atoms with E-state index in [-0.39, 0.29) is 24.7 Å². The van der Waals surface area contributed by atoms with Crippen molar-refractivity contribution in [2.24, 2.45) is 0 Å². The van der Waals surface area contributed by atoms with E-state index in [1.807, 2.05) is 0 Å². The molecule has 0 N–H and O–H groups in total. The third-order valence-electron chi connectivity index (χ3n) is 1.86. The van der Waals surface area contributed by atoms with Crippen molar-refractivity contribution < 1.29 is 24.7 Å². The Morgan fingerprint density at radius 3 is 1.91 bits per heavy atom. The van der Waals surface area contributed by atoms with E-state index in [4.69, 9.17) is 0 Å². The van der Waals surface area contributed by atoms with Gasteiger partial charge in [0.1, 0.15) is 0 Å². The van der Waals surface area contributed by atoms with Gasteiger partial charge in [-0.05, 0) is 0 Å². The summed E-state index contributed by atoms with van der Waals surface area (Å²) in [7, 11) is 0. The van der Waals surface area contributed by atoms with E-state index in [2.05, 4.69) is 36.5 Å². The summed E-state index contributed by atoms with van der Waals surface area (Å²) in [5.74, 6) is 0. The van der Waals surface area contributed by atoms with E-state index in [1.165, 1.54) is 12.8 Å². The molecule has 0 aromatic heterocycles. The van der Waals surface area contributed by atoms with Gasteiger partial charge in [-0.15, -0.1) is 0 Å². The molecule has 1 heteroatoms. The second-order valence-corrected chi connectivity index (χ2v) is 6.55. The Hall–Kier alpha value is -0.157. The molecule has 0 atom stereocenters. The van der Waals surface area contributed by atoms with Gasteiger partial charge in [-0.25, -0.2) is 0 Å². The van der Waals surface area contributed by atoms with Crippen molar-refractivity contribution in [3.8, 4) is 0 Å². The largest absolute Gasteiger partial charge is 1.00 e. The molecule has 0 bridgehead atoms. The van der Waals surface area contributed by atoms with Crippen LogP contribution in [-0.4, -0.2) is 0 Å².